The molecule has 190 valence electrons. The van der Waals surface area contributed by atoms with Gasteiger partial charge in [0.15, 0.2) is 11.5 Å². The number of carbonyl (C=O) groups excluding carboxylic acids is 2. The average molecular weight is 502 g/mol. The highest BCUT2D eigenvalue weighted by atomic mass is 19.4. The first-order valence-electron chi connectivity index (χ1n) is 11.1. The smallest absolute Gasteiger partial charge is 0.454 e. The summed E-state index contributed by atoms with van der Waals surface area (Å²) in [6.45, 7) is 0.119. The standard InChI is InChI=1S/C26H21F3N2O5.2H2/c1-30-23(32)16-4-2-3-15(11-16)19-13-18(6-8-20(19)36-26(27,28)29)31-24(33)25(9-10-25)17-5-7-21-22(12-17)35-14-34-21;;/h2-8,11-13H,9-10,14H2,1H3,(H,30,32)(H,31,33);2*1H. The summed E-state index contributed by atoms with van der Waals surface area (Å²) >= 11 is 0. The van der Waals surface area contributed by atoms with Crippen LogP contribution in [-0.4, -0.2) is 32.0 Å². The van der Waals surface area contributed by atoms with E-state index in [-0.39, 0.29) is 32.6 Å². The zero-order chi connectivity index (χ0) is 25.5. The first-order chi connectivity index (χ1) is 17.2. The molecule has 10 heteroatoms. The number of benzene rings is 3. The number of alkyl halides is 3. The van der Waals surface area contributed by atoms with E-state index < -0.39 is 17.5 Å². The monoisotopic (exact) mass is 502 g/mol. The van der Waals surface area contributed by atoms with Crippen LogP contribution in [0.5, 0.6) is 17.2 Å². The Morgan fingerprint density at radius 1 is 1.00 bits per heavy atom. The molecular formula is C26H25F3N2O5. The quantitative estimate of drug-likeness (QED) is 0.465. The molecule has 1 saturated carbocycles. The molecule has 0 unspecified atom stereocenters. The fourth-order valence-electron chi connectivity index (χ4n) is 4.24. The summed E-state index contributed by atoms with van der Waals surface area (Å²) in [6, 6.07) is 15.4. The second kappa shape index (κ2) is 8.78. The van der Waals surface area contributed by atoms with Gasteiger partial charge in [-0.2, -0.15) is 0 Å². The zero-order valence-electron chi connectivity index (χ0n) is 19.1. The highest BCUT2D eigenvalue weighted by molar-refractivity contribution is 6.02. The molecule has 0 saturated heterocycles. The first-order valence-corrected chi connectivity index (χ1v) is 11.1. The van der Waals surface area contributed by atoms with Crippen LogP contribution in [0, 0.1) is 0 Å². The Hall–Kier alpha value is -4.21. The molecule has 7 nitrogen and oxygen atoms in total. The molecule has 3 aromatic carbocycles. The van der Waals surface area contributed by atoms with E-state index in [1.807, 2.05) is 6.07 Å². The minimum atomic E-state index is -4.92. The summed E-state index contributed by atoms with van der Waals surface area (Å²) in [7, 11) is 1.46. The van der Waals surface area contributed by atoms with E-state index in [1.54, 1.807) is 30.3 Å². The number of rotatable bonds is 6. The van der Waals surface area contributed by atoms with Crippen LogP contribution in [0.2, 0.25) is 0 Å². The molecular weight excluding hydrogens is 477 g/mol. The number of amides is 2. The van der Waals surface area contributed by atoms with Gasteiger partial charge in [-0.1, -0.05) is 18.2 Å². The van der Waals surface area contributed by atoms with E-state index in [1.165, 1.54) is 25.2 Å². The van der Waals surface area contributed by atoms with Crippen molar-refractivity contribution in [2.24, 2.45) is 0 Å². The maximum atomic E-state index is 13.3. The van der Waals surface area contributed by atoms with Crippen LogP contribution < -0.4 is 24.8 Å². The van der Waals surface area contributed by atoms with Gasteiger partial charge in [0.1, 0.15) is 5.75 Å². The number of halogens is 3. The van der Waals surface area contributed by atoms with Gasteiger partial charge < -0.3 is 24.8 Å². The third-order valence-electron chi connectivity index (χ3n) is 6.24. The van der Waals surface area contributed by atoms with Crippen LogP contribution in [0.25, 0.3) is 11.1 Å². The Bertz CT molecular complexity index is 1360. The van der Waals surface area contributed by atoms with Crippen molar-refractivity contribution in [3.63, 3.8) is 0 Å². The molecule has 5 rings (SSSR count). The van der Waals surface area contributed by atoms with Crippen LogP contribution in [-0.2, 0) is 10.2 Å². The van der Waals surface area contributed by atoms with Crippen LogP contribution in [0.1, 0.15) is 31.6 Å². The molecule has 0 atom stereocenters. The van der Waals surface area contributed by atoms with Gasteiger partial charge >= 0.3 is 6.36 Å². The van der Waals surface area contributed by atoms with Gasteiger partial charge in [-0.3, -0.25) is 9.59 Å². The Kier molecular flexibility index (Phi) is 5.74. The van der Waals surface area contributed by atoms with Crippen molar-refractivity contribution in [1.29, 1.82) is 0 Å². The molecule has 0 radical (unpaired) electrons. The number of nitrogens with one attached hydrogen (secondary N) is 2. The van der Waals surface area contributed by atoms with Crippen molar-refractivity contribution >= 4 is 17.5 Å². The molecule has 3 aromatic rings. The normalized spacial score (nSPS) is 15.2. The molecule has 1 aliphatic carbocycles. The molecule has 2 amide bonds. The topological polar surface area (TPSA) is 85.9 Å². The van der Waals surface area contributed by atoms with Gasteiger partial charge in [0.25, 0.3) is 5.91 Å². The maximum absolute atomic E-state index is 13.3. The second-order valence-corrected chi connectivity index (χ2v) is 8.52. The molecule has 2 aliphatic rings. The van der Waals surface area contributed by atoms with Crippen molar-refractivity contribution in [2.45, 2.75) is 24.6 Å². The lowest BCUT2D eigenvalue weighted by Gasteiger charge is -2.18. The lowest BCUT2D eigenvalue weighted by atomic mass is 9.94. The number of fused-ring (bicyclic) bond motifs is 1. The highest BCUT2D eigenvalue weighted by Gasteiger charge is 2.51. The van der Waals surface area contributed by atoms with E-state index in [9.17, 15) is 22.8 Å². The summed E-state index contributed by atoms with van der Waals surface area (Å²) in [4.78, 5) is 25.3. The van der Waals surface area contributed by atoms with Gasteiger partial charge in [-0.05, 0) is 66.4 Å². The number of ether oxygens (including phenoxy) is 3. The lowest BCUT2D eigenvalue weighted by Crippen LogP contribution is -2.27. The molecule has 0 spiro atoms. The van der Waals surface area contributed by atoms with Gasteiger partial charge in [0.2, 0.25) is 12.7 Å². The third kappa shape index (κ3) is 4.53. The van der Waals surface area contributed by atoms with Gasteiger partial charge in [-0.15, -0.1) is 13.2 Å². The molecule has 1 heterocycles. The van der Waals surface area contributed by atoms with Crippen molar-refractivity contribution in [3.05, 3.63) is 71.8 Å². The van der Waals surface area contributed by atoms with E-state index in [0.717, 1.165) is 11.6 Å². The fourth-order valence-corrected chi connectivity index (χ4v) is 4.24. The van der Waals surface area contributed by atoms with Gasteiger partial charge in [-0.25, -0.2) is 0 Å². The first kappa shape index (κ1) is 23.5. The minimum absolute atomic E-state index is 0. The number of hydrogen-bond acceptors (Lipinski definition) is 5. The molecule has 36 heavy (non-hydrogen) atoms. The Morgan fingerprint density at radius 3 is 2.50 bits per heavy atom. The van der Waals surface area contributed by atoms with E-state index in [0.29, 0.717) is 35.6 Å². The second-order valence-electron chi connectivity index (χ2n) is 8.52. The molecule has 0 aromatic heterocycles. The van der Waals surface area contributed by atoms with Crippen molar-refractivity contribution in [3.8, 4) is 28.4 Å². The predicted molar refractivity (Wildman–Crippen MR) is 128 cm³/mol. The largest absolute Gasteiger partial charge is 0.573 e. The fraction of sp³-hybridized carbons (Fsp3) is 0.231. The SMILES string of the molecule is CNC(=O)c1cccc(-c2cc(NC(=O)C3(c4ccc5c(c4)OCO5)CC3)ccc2OC(F)(F)F)c1.[HH].[HH]. The van der Waals surface area contributed by atoms with Crippen LogP contribution in [0.15, 0.2) is 60.7 Å². The molecule has 1 aliphatic heterocycles. The molecule has 1 fully saturated rings. The van der Waals surface area contributed by atoms with E-state index in [4.69, 9.17) is 9.47 Å². The number of hydrogen-bond donors (Lipinski definition) is 2. The van der Waals surface area contributed by atoms with Gasteiger partial charge in [0, 0.05) is 26.7 Å². The van der Waals surface area contributed by atoms with E-state index >= 15 is 0 Å². The highest BCUT2D eigenvalue weighted by Crippen LogP contribution is 2.51. The summed E-state index contributed by atoms with van der Waals surface area (Å²) in [5.74, 6) is 0.0544. The Morgan fingerprint density at radius 2 is 1.78 bits per heavy atom. The Balaban J connectivity index is 0.00000200. The maximum Gasteiger partial charge on any atom is 0.573 e. The summed E-state index contributed by atoms with van der Waals surface area (Å²) in [6.07, 6.45) is -3.68. The Labute approximate surface area is 207 Å². The minimum Gasteiger partial charge on any atom is -0.454 e. The van der Waals surface area contributed by atoms with Crippen molar-refractivity contribution in [2.75, 3.05) is 19.2 Å². The predicted octanol–water partition coefficient (Wildman–Crippen LogP) is 5.50. The van der Waals surface area contributed by atoms with E-state index in [2.05, 4.69) is 15.4 Å². The average Bonchev–Trinajstić information content (AvgIpc) is 3.54. The zero-order valence-corrected chi connectivity index (χ0v) is 19.1. The summed E-state index contributed by atoms with van der Waals surface area (Å²) < 4.78 is 54.2. The number of anilines is 1. The van der Waals surface area contributed by atoms with Crippen LogP contribution in [0.3, 0.4) is 0 Å². The third-order valence-corrected chi connectivity index (χ3v) is 6.24. The molecule has 0 bridgehead atoms. The number of carbonyl (C=O) groups is 2. The van der Waals surface area contributed by atoms with Gasteiger partial charge in [0.05, 0.1) is 5.41 Å². The summed E-state index contributed by atoms with van der Waals surface area (Å²) in [5, 5.41) is 5.31. The van der Waals surface area contributed by atoms with Crippen LogP contribution in [0.4, 0.5) is 18.9 Å². The molecule has 2 N–H and O–H groups in total. The van der Waals surface area contributed by atoms with Crippen molar-refractivity contribution < 1.29 is 39.8 Å². The van der Waals surface area contributed by atoms with Crippen molar-refractivity contribution in [1.82, 2.24) is 5.32 Å². The lowest BCUT2D eigenvalue weighted by molar-refractivity contribution is -0.274. The van der Waals surface area contributed by atoms with Crippen LogP contribution >= 0.6 is 0 Å². The summed E-state index contributed by atoms with van der Waals surface area (Å²) in [5.41, 5.74) is 0.970.